The quantitative estimate of drug-likeness (QED) is 0.610. The van der Waals surface area contributed by atoms with E-state index in [1.54, 1.807) is 6.33 Å². The average molecular weight is 223 g/mol. The summed E-state index contributed by atoms with van der Waals surface area (Å²) in [6.45, 7) is 1.50. The number of nitrogens with one attached hydrogen (secondary N) is 1. The summed E-state index contributed by atoms with van der Waals surface area (Å²) >= 11 is 1.29. The molecule has 15 heavy (non-hydrogen) atoms. The summed E-state index contributed by atoms with van der Waals surface area (Å²) in [5, 5.41) is 0.898. The van der Waals surface area contributed by atoms with Gasteiger partial charge in [-0.3, -0.25) is 9.52 Å². The molecule has 0 atom stereocenters. The number of nitrogens with zero attached hydrogens (tertiary/aromatic N) is 2. The van der Waals surface area contributed by atoms with Crippen LogP contribution in [0.2, 0.25) is 0 Å². The third-order valence-corrected chi connectivity index (χ3v) is 3.31. The summed E-state index contributed by atoms with van der Waals surface area (Å²) in [5.41, 5.74) is 2.35. The highest BCUT2D eigenvalue weighted by molar-refractivity contribution is 7.97. The number of aryl methyl sites for hydroxylation is 1. The predicted octanol–water partition coefficient (Wildman–Crippen LogP) is 1.50. The van der Waals surface area contributed by atoms with Crippen LogP contribution in [-0.2, 0) is 17.6 Å². The van der Waals surface area contributed by atoms with E-state index < -0.39 is 0 Å². The van der Waals surface area contributed by atoms with Crippen LogP contribution in [0.1, 0.15) is 31.0 Å². The van der Waals surface area contributed by atoms with Gasteiger partial charge in [-0.15, -0.1) is 0 Å². The molecular formula is C10H13N3OS. The van der Waals surface area contributed by atoms with Gasteiger partial charge in [0.25, 0.3) is 0 Å². The maximum absolute atomic E-state index is 10.8. The van der Waals surface area contributed by atoms with Gasteiger partial charge >= 0.3 is 0 Å². The molecule has 0 bridgehead atoms. The Labute approximate surface area is 93.0 Å². The minimum absolute atomic E-state index is 0.0526. The van der Waals surface area contributed by atoms with Gasteiger partial charge in [0.1, 0.15) is 11.4 Å². The Kier molecular flexibility index (Phi) is 3.20. The van der Waals surface area contributed by atoms with Gasteiger partial charge in [-0.25, -0.2) is 9.97 Å². The van der Waals surface area contributed by atoms with E-state index in [9.17, 15) is 4.79 Å². The van der Waals surface area contributed by atoms with Crippen molar-refractivity contribution in [2.75, 3.05) is 0 Å². The fraction of sp³-hybridized carbons (Fsp3) is 0.500. The third-order valence-electron chi connectivity index (χ3n) is 2.38. The van der Waals surface area contributed by atoms with E-state index in [0.29, 0.717) is 0 Å². The van der Waals surface area contributed by atoms with E-state index in [-0.39, 0.29) is 5.91 Å². The first kappa shape index (κ1) is 10.4. The first-order chi connectivity index (χ1) is 7.27. The highest BCUT2D eigenvalue weighted by Gasteiger charge is 2.15. The number of hydrogen-bond acceptors (Lipinski definition) is 4. The Hall–Kier alpha value is -1.10. The molecule has 80 valence electrons. The standard InChI is InChI=1S/C10H13N3OS/c1-7(14)13-15-10-8-4-2-3-5-9(8)11-6-12-10/h6H,2-5H2,1H3,(H,13,14). The molecule has 0 spiro atoms. The Morgan fingerprint density at radius 3 is 3.00 bits per heavy atom. The fourth-order valence-corrected chi connectivity index (χ4v) is 2.38. The molecule has 5 heteroatoms. The van der Waals surface area contributed by atoms with Crippen molar-refractivity contribution in [2.24, 2.45) is 0 Å². The van der Waals surface area contributed by atoms with Gasteiger partial charge in [0.2, 0.25) is 5.91 Å². The minimum Gasteiger partial charge on any atom is -0.295 e. The molecular weight excluding hydrogens is 210 g/mol. The van der Waals surface area contributed by atoms with E-state index >= 15 is 0 Å². The SMILES string of the molecule is CC(=O)NSc1ncnc2c1CCCC2. The van der Waals surface area contributed by atoms with Gasteiger partial charge in [0.15, 0.2) is 0 Å². The van der Waals surface area contributed by atoms with Crippen LogP contribution < -0.4 is 4.72 Å². The van der Waals surface area contributed by atoms with Crippen molar-refractivity contribution in [3.05, 3.63) is 17.6 Å². The molecule has 4 nitrogen and oxygen atoms in total. The molecule has 1 aliphatic carbocycles. The zero-order chi connectivity index (χ0) is 10.7. The van der Waals surface area contributed by atoms with Crippen molar-refractivity contribution < 1.29 is 4.79 Å². The molecule has 1 amide bonds. The molecule has 0 fully saturated rings. The van der Waals surface area contributed by atoms with Crippen molar-refractivity contribution >= 4 is 17.9 Å². The highest BCUT2D eigenvalue weighted by Crippen LogP contribution is 2.26. The monoisotopic (exact) mass is 223 g/mol. The zero-order valence-electron chi connectivity index (χ0n) is 8.62. The number of rotatable bonds is 2. The molecule has 0 unspecified atom stereocenters. The highest BCUT2D eigenvalue weighted by atomic mass is 32.2. The topological polar surface area (TPSA) is 54.9 Å². The summed E-state index contributed by atoms with van der Waals surface area (Å²) in [5.74, 6) is -0.0526. The van der Waals surface area contributed by atoms with Gasteiger partial charge in [-0.2, -0.15) is 0 Å². The van der Waals surface area contributed by atoms with Crippen molar-refractivity contribution in [3.8, 4) is 0 Å². The number of amides is 1. The molecule has 0 saturated heterocycles. The lowest BCUT2D eigenvalue weighted by Gasteiger charge is -2.16. The number of carbonyl (C=O) groups excluding carboxylic acids is 1. The minimum atomic E-state index is -0.0526. The van der Waals surface area contributed by atoms with E-state index in [0.717, 1.165) is 23.6 Å². The molecule has 1 heterocycles. The second-order valence-corrected chi connectivity index (χ2v) is 4.37. The predicted molar refractivity (Wildman–Crippen MR) is 58.3 cm³/mol. The van der Waals surface area contributed by atoms with Gasteiger partial charge in [-0.05, 0) is 25.7 Å². The van der Waals surface area contributed by atoms with Crippen LogP contribution in [0.3, 0.4) is 0 Å². The van der Waals surface area contributed by atoms with Crippen LogP contribution in [0.15, 0.2) is 11.4 Å². The second kappa shape index (κ2) is 4.61. The number of fused-ring (bicyclic) bond motifs is 1. The first-order valence-electron chi connectivity index (χ1n) is 5.03. The lowest BCUT2D eigenvalue weighted by atomic mass is 9.98. The number of carbonyl (C=O) groups is 1. The molecule has 1 N–H and O–H groups in total. The third kappa shape index (κ3) is 2.47. The normalized spacial score (nSPS) is 14.5. The van der Waals surface area contributed by atoms with Crippen molar-refractivity contribution in [2.45, 2.75) is 37.6 Å². The maximum Gasteiger partial charge on any atom is 0.226 e. The molecule has 1 aliphatic rings. The van der Waals surface area contributed by atoms with Crippen LogP contribution >= 0.6 is 11.9 Å². The molecule has 0 saturated carbocycles. The lowest BCUT2D eigenvalue weighted by Crippen LogP contribution is -2.14. The van der Waals surface area contributed by atoms with Gasteiger partial charge < -0.3 is 0 Å². The van der Waals surface area contributed by atoms with Gasteiger partial charge in [-0.1, -0.05) is 0 Å². The first-order valence-corrected chi connectivity index (χ1v) is 5.85. The Balaban J connectivity index is 2.19. The smallest absolute Gasteiger partial charge is 0.226 e. The fourth-order valence-electron chi connectivity index (χ4n) is 1.70. The number of aromatic nitrogens is 2. The summed E-state index contributed by atoms with van der Waals surface area (Å²) in [4.78, 5) is 19.3. The summed E-state index contributed by atoms with van der Waals surface area (Å²) < 4.78 is 2.70. The maximum atomic E-state index is 10.8. The van der Waals surface area contributed by atoms with Crippen molar-refractivity contribution in [1.82, 2.24) is 14.7 Å². The Morgan fingerprint density at radius 2 is 2.20 bits per heavy atom. The molecule has 1 aromatic heterocycles. The Morgan fingerprint density at radius 1 is 1.40 bits per heavy atom. The van der Waals surface area contributed by atoms with E-state index in [1.807, 2.05) is 0 Å². The van der Waals surface area contributed by atoms with Crippen LogP contribution in [0, 0.1) is 0 Å². The van der Waals surface area contributed by atoms with Crippen LogP contribution in [0.5, 0.6) is 0 Å². The van der Waals surface area contributed by atoms with Crippen molar-refractivity contribution in [1.29, 1.82) is 0 Å². The van der Waals surface area contributed by atoms with E-state index in [2.05, 4.69) is 14.7 Å². The van der Waals surface area contributed by atoms with Crippen LogP contribution in [0.25, 0.3) is 0 Å². The van der Waals surface area contributed by atoms with E-state index in [1.165, 1.54) is 37.3 Å². The summed E-state index contributed by atoms with van der Waals surface area (Å²) in [7, 11) is 0. The molecule has 1 aromatic rings. The van der Waals surface area contributed by atoms with Gasteiger partial charge in [0.05, 0.1) is 0 Å². The molecule has 0 radical (unpaired) electrons. The molecule has 0 aliphatic heterocycles. The average Bonchev–Trinajstić information content (AvgIpc) is 2.26. The van der Waals surface area contributed by atoms with Crippen LogP contribution in [0.4, 0.5) is 0 Å². The Bertz CT molecular complexity index is 381. The largest absolute Gasteiger partial charge is 0.295 e. The lowest BCUT2D eigenvalue weighted by molar-refractivity contribution is -0.117. The second-order valence-electron chi connectivity index (χ2n) is 3.57. The van der Waals surface area contributed by atoms with Crippen LogP contribution in [-0.4, -0.2) is 15.9 Å². The molecule has 2 rings (SSSR count). The van der Waals surface area contributed by atoms with Crippen molar-refractivity contribution in [3.63, 3.8) is 0 Å². The zero-order valence-corrected chi connectivity index (χ0v) is 9.43. The summed E-state index contributed by atoms with van der Waals surface area (Å²) in [6.07, 6.45) is 6.03. The van der Waals surface area contributed by atoms with Gasteiger partial charge in [0, 0.05) is 30.1 Å². The number of hydrogen-bond donors (Lipinski definition) is 1. The molecule has 0 aromatic carbocycles. The summed E-state index contributed by atoms with van der Waals surface area (Å²) in [6, 6.07) is 0. The van der Waals surface area contributed by atoms with E-state index in [4.69, 9.17) is 0 Å².